The Balaban J connectivity index is 0. The minimum atomic E-state index is -2.87. The Bertz CT molecular complexity index is 38.8. The summed E-state index contributed by atoms with van der Waals surface area (Å²) < 4.78 is 16.5. The summed E-state index contributed by atoms with van der Waals surface area (Å²) in [5.41, 5.74) is 0. The van der Waals surface area contributed by atoms with Crippen molar-refractivity contribution in [2.75, 3.05) is 0 Å². The van der Waals surface area contributed by atoms with Gasteiger partial charge in [-0.05, 0) is 0 Å². The second-order valence-electron chi connectivity index (χ2n) is 0.253. The summed E-state index contributed by atoms with van der Waals surface area (Å²) in [5, 5.41) is 0. The van der Waals surface area contributed by atoms with Crippen molar-refractivity contribution in [1.29, 1.82) is 0 Å². The first-order valence-corrected chi connectivity index (χ1v) is 2.25. The molecule has 0 aliphatic heterocycles. The molecule has 0 saturated carbocycles. The topological polar surface area (TPSA) is 74.6 Å². The van der Waals surface area contributed by atoms with Gasteiger partial charge >= 0.3 is 8.25 Å². The van der Waals surface area contributed by atoms with Gasteiger partial charge in [0.25, 0.3) is 0 Å². The van der Waals surface area contributed by atoms with E-state index in [9.17, 15) is 0 Å². The van der Waals surface area contributed by atoms with Gasteiger partial charge in [-0.1, -0.05) is 0 Å². The van der Waals surface area contributed by atoms with Crippen LogP contribution < -0.4 is 0 Å². The Kier molecular flexibility index (Phi) is 13.9. The van der Waals surface area contributed by atoms with Crippen LogP contribution >= 0.6 is 8.25 Å². The lowest BCUT2D eigenvalue weighted by Crippen LogP contribution is -1.38. The van der Waals surface area contributed by atoms with Gasteiger partial charge in [0, 0.05) is 4.57 Å². The number of hydrogen-bond acceptors (Lipinski definition) is 3. The fourth-order valence-corrected chi connectivity index (χ4v) is 0. The van der Waals surface area contributed by atoms with E-state index in [1.165, 1.54) is 0 Å². The molecule has 0 unspecified atom stereocenters. The van der Waals surface area contributed by atoms with Gasteiger partial charge in [-0.25, -0.2) is 0 Å². The molecule has 2 N–H and O–H groups in total. The van der Waals surface area contributed by atoms with E-state index in [0.29, 0.717) is 0 Å². The highest BCUT2D eigenvalue weighted by atomic mass is 32.1. The monoisotopic (exact) mass is 129 g/mol. The van der Waals surface area contributed by atoms with E-state index < -0.39 is 8.25 Å². The van der Waals surface area contributed by atoms with Crippen LogP contribution in [0.1, 0.15) is 0 Å². The van der Waals surface area contributed by atoms with E-state index in [1.807, 2.05) is 0 Å². The van der Waals surface area contributed by atoms with Crippen molar-refractivity contribution in [3.8, 4) is 0 Å². The van der Waals surface area contributed by atoms with E-state index in [4.69, 9.17) is 18.6 Å². The number of hydrogen-bond donors (Lipinski definition) is 2. The first-order valence-electron chi connectivity index (χ1n) is 0.749. The maximum Gasteiger partial charge on any atom is 0.692 e. The molecule has 0 aliphatic carbocycles. The molecule has 0 aromatic rings. The summed E-state index contributed by atoms with van der Waals surface area (Å²) in [6.45, 7) is 0. The van der Waals surface area contributed by atoms with Gasteiger partial charge in [0.15, 0.2) is 12.5 Å². The van der Waals surface area contributed by atoms with E-state index >= 15 is 0 Å². The smallest absolute Gasteiger partial charge is 0.197 e. The fourth-order valence-electron chi connectivity index (χ4n) is 0. The highest BCUT2D eigenvalue weighted by Crippen LogP contribution is 1.98. The van der Waals surface area contributed by atoms with E-state index in [0.717, 1.165) is 0 Å². The van der Waals surface area contributed by atoms with Crippen molar-refractivity contribution in [2.45, 2.75) is 0 Å². The highest BCUT2D eigenvalue weighted by Gasteiger charge is 1.93. The largest absolute Gasteiger partial charge is 0.692 e. The maximum absolute atomic E-state index is 8.70. The Morgan fingerprint density at radius 1 is 1.33 bits per heavy atom. The Morgan fingerprint density at radius 3 is 1.33 bits per heavy atom. The van der Waals surface area contributed by atoms with E-state index in [-0.39, 0.29) is 0 Å². The molecular weight excluding hydrogens is 127 g/mol. The first-order chi connectivity index (χ1) is 2.73. The average molecular weight is 129 g/mol. The normalized spacial score (nSPS) is 5.00. The van der Waals surface area contributed by atoms with Crippen molar-refractivity contribution < 1.29 is 18.6 Å². The molecule has 0 radical (unpaired) electrons. The third-order valence-electron chi connectivity index (χ3n) is 0. The van der Waals surface area contributed by atoms with Crippen molar-refractivity contribution in [3.05, 3.63) is 0 Å². The molecule has 4 nitrogen and oxygen atoms in total. The average Bonchev–Trinajstić information content (AvgIpc) is 1.41. The molecule has 0 fully saturated rings. The molecule has 0 bridgehead atoms. The minimum Gasteiger partial charge on any atom is -0.197 e. The van der Waals surface area contributed by atoms with Crippen LogP contribution in [0.3, 0.4) is 0 Å². The highest BCUT2D eigenvalue weighted by molar-refractivity contribution is 7.44. The first kappa shape index (κ1) is 9.40. The molecule has 6 heavy (non-hydrogen) atoms. The van der Waals surface area contributed by atoms with E-state index in [1.54, 1.807) is 0 Å². The maximum atomic E-state index is 8.70. The zero-order chi connectivity index (χ0) is 5.58. The molecule has 0 saturated heterocycles. The van der Waals surface area contributed by atoms with Crippen LogP contribution in [0.4, 0.5) is 0 Å². The summed E-state index contributed by atoms with van der Waals surface area (Å²) >= 11 is 2.83. The Hall–Kier alpha value is 0.0400. The molecule has 0 aromatic heterocycles. The Labute approximate surface area is 40.3 Å². The zero-order valence-electron chi connectivity index (χ0n) is 2.57. The molecule has 0 heterocycles. The van der Waals surface area contributed by atoms with Crippen LogP contribution in [-0.4, -0.2) is 14.0 Å². The lowest BCUT2D eigenvalue weighted by molar-refractivity contribution is 0.405. The molecule has 0 amide bonds. The second kappa shape index (κ2) is 8.90. The van der Waals surface area contributed by atoms with Crippen LogP contribution in [0.2, 0.25) is 0 Å². The van der Waals surface area contributed by atoms with Gasteiger partial charge < -0.3 is 0 Å². The fraction of sp³-hybridized carbons (Fsp3) is 0. The van der Waals surface area contributed by atoms with Crippen LogP contribution in [0.15, 0.2) is 0 Å². The van der Waals surface area contributed by atoms with Gasteiger partial charge in [0.1, 0.15) is 0 Å². The van der Waals surface area contributed by atoms with Crippen LogP contribution in [-0.2, 0) is 17.1 Å². The molecule has 0 aliphatic rings. The summed E-state index contributed by atoms with van der Waals surface area (Å²) in [5.74, 6) is 0. The molecule has 0 atom stereocenters. The third-order valence-corrected chi connectivity index (χ3v) is 0. The van der Waals surface area contributed by atoms with Gasteiger partial charge in [-0.15, -0.1) is 9.79 Å². The standard InChI is InChI=1S/HO3P.OS/c1-4(2)3;1-2/h(H-,1,2,3);/p+1. The molecule has 36 valence electrons. The van der Waals surface area contributed by atoms with Crippen LogP contribution in [0.25, 0.3) is 0 Å². The second-order valence-corrected chi connectivity index (χ2v) is 0.758. The summed E-state index contributed by atoms with van der Waals surface area (Å²) in [6.07, 6.45) is 0. The molecule has 0 spiro atoms. The summed E-state index contributed by atoms with van der Waals surface area (Å²) in [7, 11) is -2.87. The summed E-state index contributed by atoms with van der Waals surface area (Å²) in [6, 6.07) is 0. The van der Waals surface area contributed by atoms with Gasteiger partial charge in [0.2, 0.25) is 0 Å². The minimum absolute atomic E-state index is 2.83. The summed E-state index contributed by atoms with van der Waals surface area (Å²) in [4.78, 5) is 14.2. The molecule has 0 rings (SSSR count). The zero-order valence-corrected chi connectivity index (χ0v) is 4.28. The van der Waals surface area contributed by atoms with Crippen molar-refractivity contribution in [1.82, 2.24) is 0 Å². The third kappa shape index (κ3) is 23300. The SMILES string of the molecule is O=S.O=[P+](O)O. The van der Waals surface area contributed by atoms with Crippen LogP contribution in [0.5, 0.6) is 0 Å². The van der Waals surface area contributed by atoms with Gasteiger partial charge in [0.05, 0.1) is 0 Å². The lowest BCUT2D eigenvalue weighted by Gasteiger charge is -1.34. The van der Waals surface area contributed by atoms with Crippen LogP contribution in [0, 0.1) is 0 Å². The predicted octanol–water partition coefficient (Wildman–Crippen LogP) is -0.708. The van der Waals surface area contributed by atoms with Gasteiger partial charge in [-0.2, -0.15) is 4.21 Å². The molecule has 0 aromatic carbocycles. The predicted molar refractivity (Wildman–Crippen MR) is 20.2 cm³/mol. The lowest BCUT2D eigenvalue weighted by atomic mass is 15.8. The Morgan fingerprint density at radius 2 is 1.33 bits per heavy atom. The quantitative estimate of drug-likeness (QED) is 0.422. The molecular formula is H2O4PS+. The van der Waals surface area contributed by atoms with Crippen molar-refractivity contribution in [3.63, 3.8) is 0 Å². The van der Waals surface area contributed by atoms with E-state index in [2.05, 4.69) is 12.5 Å². The molecule has 6 heteroatoms. The van der Waals surface area contributed by atoms with Crippen molar-refractivity contribution >= 4 is 20.8 Å². The number of rotatable bonds is 0. The van der Waals surface area contributed by atoms with Crippen molar-refractivity contribution in [2.24, 2.45) is 0 Å². The van der Waals surface area contributed by atoms with Gasteiger partial charge in [-0.3, -0.25) is 0 Å².